The molecule has 0 radical (unpaired) electrons. The smallest absolute Gasteiger partial charge is 0.196 e. The van der Waals surface area contributed by atoms with Crippen molar-refractivity contribution in [2.75, 3.05) is 0 Å². The van der Waals surface area contributed by atoms with Gasteiger partial charge in [-0.1, -0.05) is 17.7 Å². The molecular weight excluding hydrogens is 200 g/mol. The van der Waals surface area contributed by atoms with E-state index in [9.17, 15) is 4.79 Å². The zero-order chi connectivity index (χ0) is 11.1. The van der Waals surface area contributed by atoms with Crippen LogP contribution in [0.15, 0.2) is 29.8 Å². The van der Waals surface area contributed by atoms with E-state index in [1.54, 1.807) is 0 Å². The molecule has 2 aliphatic rings. The molecule has 16 heavy (non-hydrogen) atoms. The van der Waals surface area contributed by atoms with Gasteiger partial charge in [0.1, 0.15) is 11.9 Å². The highest BCUT2D eigenvalue weighted by molar-refractivity contribution is 6.12. The fourth-order valence-corrected chi connectivity index (χ4v) is 2.44. The van der Waals surface area contributed by atoms with Crippen molar-refractivity contribution in [3.63, 3.8) is 0 Å². The first kappa shape index (κ1) is 9.64. The van der Waals surface area contributed by atoms with Crippen LogP contribution in [0.4, 0.5) is 0 Å². The number of allylic oxidation sites excluding steroid dienone is 1. The Balaban J connectivity index is 2.12. The molecule has 0 bridgehead atoms. The minimum absolute atomic E-state index is 0.00328. The van der Waals surface area contributed by atoms with Gasteiger partial charge in [0.2, 0.25) is 0 Å². The third-order valence-electron chi connectivity index (χ3n) is 3.29. The van der Waals surface area contributed by atoms with E-state index in [0.717, 1.165) is 41.7 Å². The van der Waals surface area contributed by atoms with Gasteiger partial charge in [-0.25, -0.2) is 0 Å². The second kappa shape index (κ2) is 3.48. The lowest BCUT2D eigenvalue weighted by Gasteiger charge is -2.30. The summed E-state index contributed by atoms with van der Waals surface area (Å²) in [5.74, 6) is 0.911. The van der Waals surface area contributed by atoms with Crippen LogP contribution in [0.5, 0.6) is 5.75 Å². The van der Waals surface area contributed by atoms with Crippen LogP contribution in [0.1, 0.15) is 35.2 Å². The molecule has 1 aliphatic carbocycles. The van der Waals surface area contributed by atoms with Crippen LogP contribution >= 0.6 is 0 Å². The van der Waals surface area contributed by atoms with E-state index in [1.165, 1.54) is 0 Å². The molecule has 0 saturated heterocycles. The van der Waals surface area contributed by atoms with Crippen LogP contribution in [0.25, 0.3) is 0 Å². The average Bonchev–Trinajstić information content (AvgIpc) is 2.31. The Labute approximate surface area is 94.9 Å². The van der Waals surface area contributed by atoms with Crippen LogP contribution in [-0.2, 0) is 0 Å². The highest BCUT2D eigenvalue weighted by Gasteiger charge is 2.32. The molecule has 82 valence electrons. The predicted octanol–water partition coefficient (Wildman–Crippen LogP) is 3.05. The summed E-state index contributed by atoms with van der Waals surface area (Å²) >= 11 is 0. The molecule has 1 aliphatic heterocycles. The number of hydrogen-bond donors (Lipinski definition) is 0. The molecule has 0 aromatic heterocycles. The summed E-state index contributed by atoms with van der Waals surface area (Å²) in [5, 5.41) is 0. The van der Waals surface area contributed by atoms with Crippen LogP contribution in [0, 0.1) is 6.92 Å². The molecule has 1 unspecified atom stereocenters. The number of aryl methyl sites for hydroxylation is 1. The van der Waals surface area contributed by atoms with Gasteiger partial charge in [0.05, 0.1) is 5.56 Å². The number of benzene rings is 1. The summed E-state index contributed by atoms with van der Waals surface area (Å²) in [6, 6.07) is 5.82. The predicted molar refractivity (Wildman–Crippen MR) is 61.9 cm³/mol. The quantitative estimate of drug-likeness (QED) is 0.663. The number of carbonyl (C=O) groups excluding carboxylic acids is 1. The van der Waals surface area contributed by atoms with Crippen molar-refractivity contribution in [2.45, 2.75) is 32.3 Å². The SMILES string of the molecule is Cc1ccc2c(c1)C(=O)C1=CCCCC1O2. The first-order valence-electron chi connectivity index (χ1n) is 5.78. The molecule has 0 N–H and O–H groups in total. The topological polar surface area (TPSA) is 26.3 Å². The first-order valence-corrected chi connectivity index (χ1v) is 5.78. The second-order valence-corrected chi connectivity index (χ2v) is 4.53. The van der Waals surface area contributed by atoms with Crippen molar-refractivity contribution in [1.29, 1.82) is 0 Å². The third kappa shape index (κ3) is 1.37. The molecule has 0 spiro atoms. The van der Waals surface area contributed by atoms with Crippen molar-refractivity contribution >= 4 is 5.78 Å². The number of carbonyl (C=O) groups is 1. The molecule has 3 rings (SSSR count). The first-order chi connectivity index (χ1) is 7.75. The molecule has 1 aromatic rings. The molecular formula is C14H14O2. The number of fused-ring (bicyclic) bond motifs is 2. The summed E-state index contributed by atoms with van der Waals surface area (Å²) in [7, 11) is 0. The van der Waals surface area contributed by atoms with Gasteiger partial charge in [-0.2, -0.15) is 0 Å². The van der Waals surface area contributed by atoms with Gasteiger partial charge in [-0.15, -0.1) is 0 Å². The van der Waals surface area contributed by atoms with Gasteiger partial charge in [0.25, 0.3) is 0 Å². The highest BCUT2D eigenvalue weighted by Crippen LogP contribution is 2.35. The van der Waals surface area contributed by atoms with E-state index < -0.39 is 0 Å². The molecule has 1 atom stereocenters. The largest absolute Gasteiger partial charge is 0.485 e. The van der Waals surface area contributed by atoms with Crippen molar-refractivity contribution in [1.82, 2.24) is 0 Å². The zero-order valence-electron chi connectivity index (χ0n) is 9.32. The number of rotatable bonds is 0. The summed E-state index contributed by atoms with van der Waals surface area (Å²) in [6.07, 6.45) is 5.12. The summed E-state index contributed by atoms with van der Waals surface area (Å²) in [5.41, 5.74) is 2.69. The van der Waals surface area contributed by atoms with E-state index >= 15 is 0 Å². The van der Waals surface area contributed by atoms with Crippen molar-refractivity contribution in [3.05, 3.63) is 41.0 Å². The van der Waals surface area contributed by atoms with Crippen LogP contribution in [0.2, 0.25) is 0 Å². The summed E-state index contributed by atoms with van der Waals surface area (Å²) < 4.78 is 5.87. The normalized spacial score (nSPS) is 22.9. The van der Waals surface area contributed by atoms with E-state index in [2.05, 4.69) is 0 Å². The van der Waals surface area contributed by atoms with E-state index in [-0.39, 0.29) is 11.9 Å². The van der Waals surface area contributed by atoms with Gasteiger partial charge in [-0.3, -0.25) is 4.79 Å². The standard InChI is InChI=1S/C14H14O2/c1-9-6-7-13-11(8-9)14(15)10-4-2-3-5-12(10)16-13/h4,6-8,12H,2-3,5H2,1H3. The van der Waals surface area contributed by atoms with E-state index in [0.29, 0.717) is 0 Å². The molecule has 1 heterocycles. The number of Topliss-reactive ketones (excluding diaryl/α,β-unsaturated/α-hetero) is 1. The maximum atomic E-state index is 12.3. The van der Waals surface area contributed by atoms with Crippen LogP contribution in [0.3, 0.4) is 0 Å². The third-order valence-corrected chi connectivity index (χ3v) is 3.29. The molecule has 2 nitrogen and oxygen atoms in total. The van der Waals surface area contributed by atoms with Crippen molar-refractivity contribution < 1.29 is 9.53 Å². The Morgan fingerprint density at radius 1 is 1.38 bits per heavy atom. The number of ketones is 1. The summed E-state index contributed by atoms with van der Waals surface area (Å²) in [4.78, 5) is 12.3. The fourth-order valence-electron chi connectivity index (χ4n) is 2.44. The number of hydrogen-bond acceptors (Lipinski definition) is 2. The molecule has 0 fully saturated rings. The Bertz CT molecular complexity index is 486. The Morgan fingerprint density at radius 3 is 3.12 bits per heavy atom. The fraction of sp³-hybridized carbons (Fsp3) is 0.357. The Kier molecular flexibility index (Phi) is 2.10. The Hall–Kier alpha value is -1.57. The lowest BCUT2D eigenvalue weighted by atomic mass is 9.87. The minimum atomic E-state index is -0.00328. The monoisotopic (exact) mass is 214 g/mol. The van der Waals surface area contributed by atoms with Crippen molar-refractivity contribution in [3.8, 4) is 5.75 Å². The van der Waals surface area contributed by atoms with Gasteiger partial charge in [0, 0.05) is 5.57 Å². The average molecular weight is 214 g/mol. The summed E-state index contributed by atoms with van der Waals surface area (Å²) in [6.45, 7) is 1.99. The highest BCUT2D eigenvalue weighted by atomic mass is 16.5. The van der Waals surface area contributed by atoms with Gasteiger partial charge < -0.3 is 4.74 Å². The molecule has 0 amide bonds. The molecule has 0 saturated carbocycles. The van der Waals surface area contributed by atoms with Crippen LogP contribution < -0.4 is 4.74 Å². The minimum Gasteiger partial charge on any atom is -0.485 e. The van der Waals surface area contributed by atoms with Gasteiger partial charge in [-0.05, 0) is 38.3 Å². The van der Waals surface area contributed by atoms with Crippen molar-refractivity contribution in [2.24, 2.45) is 0 Å². The van der Waals surface area contributed by atoms with E-state index in [4.69, 9.17) is 4.74 Å². The van der Waals surface area contributed by atoms with E-state index in [1.807, 2.05) is 31.2 Å². The number of ether oxygens (including phenoxy) is 1. The van der Waals surface area contributed by atoms with Gasteiger partial charge >= 0.3 is 0 Å². The second-order valence-electron chi connectivity index (χ2n) is 4.53. The maximum Gasteiger partial charge on any atom is 0.196 e. The molecule has 2 heteroatoms. The maximum absolute atomic E-state index is 12.3. The zero-order valence-corrected chi connectivity index (χ0v) is 9.32. The Morgan fingerprint density at radius 2 is 2.25 bits per heavy atom. The molecule has 1 aromatic carbocycles. The lowest BCUT2D eigenvalue weighted by Crippen LogP contribution is -2.31. The van der Waals surface area contributed by atoms with Crippen LogP contribution in [-0.4, -0.2) is 11.9 Å². The lowest BCUT2D eigenvalue weighted by molar-refractivity contribution is 0.0947. The van der Waals surface area contributed by atoms with Gasteiger partial charge in [0.15, 0.2) is 5.78 Å².